The molecule has 1 N–H and O–H groups in total. The minimum Gasteiger partial charge on any atom is -0.333 e. The van der Waals surface area contributed by atoms with Gasteiger partial charge in [0.15, 0.2) is 0 Å². The molecule has 1 amide bonds. The smallest absolute Gasteiger partial charge is 0.263 e. The van der Waals surface area contributed by atoms with Gasteiger partial charge >= 0.3 is 0 Å². The number of benzene rings is 2. The molecule has 2 aromatic carbocycles. The van der Waals surface area contributed by atoms with Gasteiger partial charge in [0, 0.05) is 23.1 Å². The molecule has 0 radical (unpaired) electrons. The summed E-state index contributed by atoms with van der Waals surface area (Å²) in [5.74, 6) is 0.218. The van der Waals surface area contributed by atoms with E-state index in [0.717, 1.165) is 28.1 Å². The quantitative estimate of drug-likeness (QED) is 0.404. The van der Waals surface area contributed by atoms with Gasteiger partial charge in [-0.25, -0.2) is 4.98 Å². The van der Waals surface area contributed by atoms with Gasteiger partial charge in [0.05, 0.1) is 5.39 Å². The molecule has 0 spiro atoms. The number of anilines is 1. The molecule has 0 bridgehead atoms. The number of fused-ring (bicyclic) bond motifs is 1. The monoisotopic (exact) mass is 465 g/mol. The van der Waals surface area contributed by atoms with Gasteiger partial charge < -0.3 is 14.4 Å². The van der Waals surface area contributed by atoms with Gasteiger partial charge in [-0.2, -0.15) is 4.98 Å². The van der Waals surface area contributed by atoms with Crippen molar-refractivity contribution in [3.05, 3.63) is 93.9 Å². The first-order chi connectivity index (χ1) is 16.9. The number of carbonyl (C=O) groups excluding carboxylic acids is 1. The Hall–Kier alpha value is -4.59. The minimum atomic E-state index is -0.290. The first-order valence-corrected chi connectivity index (χ1v) is 11.2. The molecule has 0 unspecified atom stereocenters. The van der Waals surface area contributed by atoms with Crippen LogP contribution in [0.25, 0.3) is 33.9 Å². The molecule has 0 fully saturated rings. The molecule has 0 aliphatic rings. The van der Waals surface area contributed by atoms with Crippen LogP contribution < -0.4 is 10.7 Å². The topological polar surface area (TPSA) is 103 Å². The summed E-state index contributed by atoms with van der Waals surface area (Å²) in [6, 6.07) is 18.7. The van der Waals surface area contributed by atoms with E-state index < -0.39 is 0 Å². The Morgan fingerprint density at radius 1 is 0.971 bits per heavy atom. The van der Waals surface area contributed by atoms with Crippen LogP contribution in [0.15, 0.2) is 76.2 Å². The second kappa shape index (κ2) is 8.98. The summed E-state index contributed by atoms with van der Waals surface area (Å²) < 4.78 is 7.11. The third kappa shape index (κ3) is 4.46. The summed E-state index contributed by atoms with van der Waals surface area (Å²) in [6.07, 6.45) is 1.56. The number of hydrogen-bond acceptors (Lipinski definition) is 6. The Labute approximate surface area is 201 Å². The predicted octanol–water partition coefficient (Wildman–Crippen LogP) is 4.68. The lowest BCUT2D eigenvalue weighted by Crippen LogP contribution is -2.22. The number of pyridine rings is 2. The number of aryl methyl sites for hydroxylation is 3. The fourth-order valence-electron chi connectivity index (χ4n) is 3.84. The highest BCUT2D eigenvalue weighted by Crippen LogP contribution is 2.23. The lowest BCUT2D eigenvalue weighted by Gasteiger charge is -2.13. The van der Waals surface area contributed by atoms with Crippen LogP contribution in [0.1, 0.15) is 16.8 Å². The summed E-state index contributed by atoms with van der Waals surface area (Å²) >= 11 is 0. The van der Waals surface area contributed by atoms with Gasteiger partial charge in [-0.05, 0) is 44.5 Å². The van der Waals surface area contributed by atoms with Crippen LogP contribution in [0.4, 0.5) is 5.69 Å². The van der Waals surface area contributed by atoms with Gasteiger partial charge in [-0.1, -0.05) is 53.2 Å². The molecule has 0 atom stereocenters. The molecular weight excluding hydrogens is 442 g/mol. The molecule has 0 saturated carbocycles. The van der Waals surface area contributed by atoms with E-state index in [-0.39, 0.29) is 29.3 Å². The predicted molar refractivity (Wildman–Crippen MR) is 134 cm³/mol. The maximum atomic E-state index is 13.3. The number of carbonyl (C=O) groups is 1. The average Bonchev–Trinajstić information content (AvgIpc) is 3.33. The van der Waals surface area contributed by atoms with E-state index in [1.807, 2.05) is 69.3 Å². The standard InChI is InChI=1S/C27H23N5O3/c1-16-8-11-19(12-9-16)25-30-27(35-31-25)21-14-32(26-20(24(21)34)13-10-18(3)28-26)15-23(33)29-22-7-5-4-6-17(22)2/h4-14H,15H2,1-3H3,(H,29,33). The Balaban J connectivity index is 1.56. The van der Waals surface area contributed by atoms with Crippen LogP contribution in [-0.2, 0) is 11.3 Å². The van der Waals surface area contributed by atoms with E-state index in [1.54, 1.807) is 22.9 Å². The van der Waals surface area contributed by atoms with Gasteiger partial charge in [0.25, 0.3) is 5.89 Å². The van der Waals surface area contributed by atoms with Gasteiger partial charge in [0.1, 0.15) is 17.8 Å². The summed E-state index contributed by atoms with van der Waals surface area (Å²) in [5.41, 5.74) is 4.64. The molecule has 8 heteroatoms. The zero-order valence-electron chi connectivity index (χ0n) is 19.6. The van der Waals surface area contributed by atoms with Crippen LogP contribution in [0.2, 0.25) is 0 Å². The van der Waals surface area contributed by atoms with Crippen LogP contribution in [0, 0.1) is 20.8 Å². The molecule has 0 aliphatic heterocycles. The van der Waals surface area contributed by atoms with Crippen molar-refractivity contribution in [1.82, 2.24) is 19.7 Å². The van der Waals surface area contributed by atoms with Crippen molar-refractivity contribution in [2.45, 2.75) is 27.3 Å². The second-order valence-electron chi connectivity index (χ2n) is 8.48. The highest BCUT2D eigenvalue weighted by atomic mass is 16.5. The third-order valence-electron chi connectivity index (χ3n) is 5.76. The highest BCUT2D eigenvalue weighted by molar-refractivity contribution is 5.92. The highest BCUT2D eigenvalue weighted by Gasteiger charge is 2.19. The first kappa shape index (κ1) is 22.2. The number of aromatic nitrogens is 4. The largest absolute Gasteiger partial charge is 0.333 e. The van der Waals surface area contributed by atoms with E-state index in [0.29, 0.717) is 16.9 Å². The number of hydrogen-bond donors (Lipinski definition) is 1. The van der Waals surface area contributed by atoms with E-state index in [9.17, 15) is 9.59 Å². The van der Waals surface area contributed by atoms with Crippen molar-refractivity contribution in [3.63, 3.8) is 0 Å². The van der Waals surface area contributed by atoms with E-state index >= 15 is 0 Å². The average molecular weight is 466 g/mol. The fraction of sp³-hybridized carbons (Fsp3) is 0.148. The van der Waals surface area contributed by atoms with E-state index in [4.69, 9.17) is 4.52 Å². The molecule has 3 heterocycles. The number of rotatable bonds is 5. The van der Waals surface area contributed by atoms with Crippen molar-refractivity contribution in [2.24, 2.45) is 0 Å². The summed E-state index contributed by atoms with van der Waals surface area (Å²) in [4.78, 5) is 35.2. The maximum Gasteiger partial charge on any atom is 0.263 e. The molecule has 174 valence electrons. The zero-order valence-corrected chi connectivity index (χ0v) is 19.6. The number of nitrogens with zero attached hydrogens (tertiary/aromatic N) is 4. The van der Waals surface area contributed by atoms with Crippen molar-refractivity contribution in [1.29, 1.82) is 0 Å². The molecule has 0 aliphatic carbocycles. The SMILES string of the molecule is Cc1ccc(-c2noc(-c3cn(CC(=O)Nc4ccccc4C)c4nc(C)ccc4c3=O)n2)cc1. The van der Waals surface area contributed by atoms with Crippen molar-refractivity contribution in [3.8, 4) is 22.8 Å². The van der Waals surface area contributed by atoms with Crippen LogP contribution in [0.5, 0.6) is 0 Å². The van der Waals surface area contributed by atoms with Gasteiger partial charge in [-0.3, -0.25) is 9.59 Å². The molecule has 3 aromatic heterocycles. The first-order valence-electron chi connectivity index (χ1n) is 11.2. The number of para-hydroxylation sites is 1. The zero-order chi connectivity index (χ0) is 24.5. The lowest BCUT2D eigenvalue weighted by molar-refractivity contribution is -0.116. The van der Waals surface area contributed by atoms with Crippen LogP contribution >= 0.6 is 0 Å². The van der Waals surface area contributed by atoms with Crippen LogP contribution in [-0.4, -0.2) is 25.6 Å². The third-order valence-corrected chi connectivity index (χ3v) is 5.76. The van der Waals surface area contributed by atoms with Crippen molar-refractivity contribution < 1.29 is 9.32 Å². The Kier molecular flexibility index (Phi) is 5.70. The fourth-order valence-corrected chi connectivity index (χ4v) is 3.84. The van der Waals surface area contributed by atoms with Crippen molar-refractivity contribution in [2.75, 3.05) is 5.32 Å². The summed E-state index contributed by atoms with van der Waals surface area (Å²) in [6.45, 7) is 5.71. The minimum absolute atomic E-state index is 0.0481. The van der Waals surface area contributed by atoms with E-state index in [2.05, 4.69) is 20.4 Å². The Morgan fingerprint density at radius 3 is 2.51 bits per heavy atom. The molecule has 5 rings (SSSR count). The summed E-state index contributed by atoms with van der Waals surface area (Å²) in [7, 11) is 0. The number of amides is 1. The van der Waals surface area contributed by atoms with E-state index in [1.165, 1.54) is 0 Å². The lowest BCUT2D eigenvalue weighted by atomic mass is 10.1. The molecular formula is C27H23N5O3. The second-order valence-corrected chi connectivity index (χ2v) is 8.48. The van der Waals surface area contributed by atoms with Crippen LogP contribution in [0.3, 0.4) is 0 Å². The maximum absolute atomic E-state index is 13.3. The Morgan fingerprint density at radius 2 is 1.74 bits per heavy atom. The van der Waals surface area contributed by atoms with Gasteiger partial charge in [-0.15, -0.1) is 0 Å². The molecule has 8 nitrogen and oxygen atoms in total. The van der Waals surface area contributed by atoms with Crippen molar-refractivity contribution >= 4 is 22.6 Å². The Bertz CT molecular complexity index is 1620. The molecule has 5 aromatic rings. The number of nitrogens with one attached hydrogen (secondary N) is 1. The normalized spacial score (nSPS) is 11.1. The molecule has 0 saturated heterocycles. The molecule has 35 heavy (non-hydrogen) atoms. The summed E-state index contributed by atoms with van der Waals surface area (Å²) in [5, 5.41) is 7.35. The van der Waals surface area contributed by atoms with Gasteiger partial charge in [0.2, 0.25) is 17.2 Å².